The zero-order valence-corrected chi connectivity index (χ0v) is 24.3. The van der Waals surface area contributed by atoms with Gasteiger partial charge >= 0.3 is 18.2 Å². The molecule has 3 aromatic carbocycles. The Morgan fingerprint density at radius 2 is 1.67 bits per heavy atom. The number of nitrogens with one attached hydrogen (secondary N) is 2. The second-order valence-electron chi connectivity index (χ2n) is 9.98. The summed E-state index contributed by atoms with van der Waals surface area (Å²) in [6, 6.07) is 19.4. The number of nitrogens with zero attached hydrogens (tertiary/aromatic N) is 1. The molecular weight excluding hydrogens is 564 g/mol. The van der Waals surface area contributed by atoms with Crippen LogP contribution in [-0.4, -0.2) is 49.3 Å². The number of hydrogen-bond acceptors (Lipinski definition) is 8. The van der Waals surface area contributed by atoms with Gasteiger partial charge in [-0.2, -0.15) is 0 Å². The number of carbonyl (C=O) groups is 3. The molecule has 0 aliphatic rings. The summed E-state index contributed by atoms with van der Waals surface area (Å²) in [5.74, 6) is -0.889. The highest BCUT2D eigenvalue weighted by Crippen LogP contribution is 2.32. The molecule has 1 unspecified atom stereocenters. The van der Waals surface area contributed by atoms with Gasteiger partial charge in [0.05, 0.1) is 4.90 Å². The Bertz CT molecular complexity index is 1600. The Morgan fingerprint density at radius 1 is 1.02 bits per heavy atom. The lowest BCUT2D eigenvalue weighted by Crippen LogP contribution is -2.49. The van der Waals surface area contributed by atoms with Crippen molar-refractivity contribution in [2.24, 2.45) is 5.14 Å². The van der Waals surface area contributed by atoms with Crippen LogP contribution in [0.15, 0.2) is 77.7 Å². The lowest BCUT2D eigenvalue weighted by molar-refractivity contribution is -0.161. The van der Waals surface area contributed by atoms with E-state index in [4.69, 9.17) is 20.0 Å². The first kappa shape index (κ1) is 31.8. The molecule has 12 nitrogen and oxygen atoms in total. The predicted octanol–water partition coefficient (Wildman–Crippen LogP) is 4.47. The maximum atomic E-state index is 12.4. The smallest absolute Gasteiger partial charge is 0.415 e. The first-order valence-corrected chi connectivity index (χ1v) is 14.2. The van der Waals surface area contributed by atoms with Crippen molar-refractivity contribution in [1.29, 1.82) is 5.41 Å². The van der Waals surface area contributed by atoms with E-state index in [0.29, 0.717) is 27.9 Å². The Hall–Kier alpha value is -4.75. The highest BCUT2D eigenvalue weighted by Gasteiger charge is 2.33. The summed E-state index contributed by atoms with van der Waals surface area (Å²) in [6.07, 6.45) is -3.08. The average molecular weight is 597 g/mol. The molecule has 0 bridgehead atoms. The number of carbonyl (C=O) groups excluding carboxylic acids is 2. The summed E-state index contributed by atoms with van der Waals surface area (Å²) in [6.45, 7) is 6.02. The van der Waals surface area contributed by atoms with E-state index in [1.54, 1.807) is 80.6 Å². The van der Waals surface area contributed by atoms with Crippen LogP contribution in [0.1, 0.15) is 38.8 Å². The van der Waals surface area contributed by atoms with Gasteiger partial charge < -0.3 is 14.6 Å². The Balaban J connectivity index is 1.80. The van der Waals surface area contributed by atoms with E-state index in [2.05, 4.69) is 5.32 Å². The molecule has 3 aromatic rings. The molecule has 0 radical (unpaired) electrons. The van der Waals surface area contributed by atoms with Gasteiger partial charge in [0, 0.05) is 36.2 Å². The van der Waals surface area contributed by atoms with E-state index in [1.807, 2.05) is 0 Å². The van der Waals surface area contributed by atoms with E-state index < -0.39 is 40.0 Å². The molecule has 0 saturated heterocycles. The van der Waals surface area contributed by atoms with Gasteiger partial charge in [-0.25, -0.2) is 23.1 Å². The number of sulfonamides is 1. The number of amides is 2. The SMILES string of the molecule is CC(=O)OC(C)OC(=O)NC(=N)c1cccc(CC(C)(C)N(C(=O)O)c2ccc(-c3ccccc3S(N)(=O)=O)cc2)c1. The highest BCUT2D eigenvalue weighted by atomic mass is 32.2. The molecule has 0 aromatic heterocycles. The number of carboxylic acid groups (broad SMARTS) is 1. The largest absolute Gasteiger partial charge is 0.465 e. The second kappa shape index (κ2) is 12.8. The van der Waals surface area contributed by atoms with E-state index >= 15 is 0 Å². The lowest BCUT2D eigenvalue weighted by atomic mass is 9.91. The number of benzene rings is 3. The number of hydrogen-bond donors (Lipinski definition) is 4. The summed E-state index contributed by atoms with van der Waals surface area (Å²) in [4.78, 5) is 36.6. The van der Waals surface area contributed by atoms with Gasteiger partial charge in [-0.15, -0.1) is 0 Å². The number of alkyl carbamates (subject to hydrolysis) is 1. The summed E-state index contributed by atoms with van der Waals surface area (Å²) in [5, 5.41) is 26.0. The number of nitrogens with two attached hydrogens (primary N) is 1. The number of anilines is 1. The van der Waals surface area contributed by atoms with Crippen molar-refractivity contribution in [2.45, 2.75) is 50.8 Å². The topological polar surface area (TPSA) is 189 Å². The summed E-state index contributed by atoms with van der Waals surface area (Å²) >= 11 is 0. The molecule has 5 N–H and O–H groups in total. The maximum Gasteiger partial charge on any atom is 0.415 e. The number of amidine groups is 1. The van der Waals surface area contributed by atoms with E-state index in [9.17, 15) is 27.9 Å². The lowest BCUT2D eigenvalue weighted by Gasteiger charge is -2.37. The molecule has 1 atom stereocenters. The third-order valence-corrected chi connectivity index (χ3v) is 7.08. The quantitative estimate of drug-likeness (QED) is 0.120. The molecule has 0 saturated carbocycles. The zero-order valence-electron chi connectivity index (χ0n) is 23.5. The molecule has 0 aliphatic carbocycles. The van der Waals surface area contributed by atoms with Crippen molar-refractivity contribution in [3.05, 3.63) is 83.9 Å². The average Bonchev–Trinajstić information content (AvgIpc) is 2.87. The minimum Gasteiger partial charge on any atom is -0.465 e. The van der Waals surface area contributed by atoms with Gasteiger partial charge in [0.2, 0.25) is 16.3 Å². The van der Waals surface area contributed by atoms with Crippen molar-refractivity contribution >= 4 is 39.7 Å². The van der Waals surface area contributed by atoms with Gasteiger partial charge in [-0.3, -0.25) is 20.4 Å². The van der Waals surface area contributed by atoms with Gasteiger partial charge in [-0.1, -0.05) is 48.5 Å². The fraction of sp³-hybridized carbons (Fsp3) is 0.241. The summed E-state index contributed by atoms with van der Waals surface area (Å²) in [7, 11) is -3.97. The Labute approximate surface area is 243 Å². The number of esters is 1. The van der Waals surface area contributed by atoms with Crippen LogP contribution in [0, 0.1) is 5.41 Å². The standard InChI is InChI=1S/C29H32N4O8S/c1-18(34)40-19(2)41-27(35)32-26(30)22-9-7-8-20(16-22)17-29(3,4)33(28(36)37)23-14-12-21(13-15-23)24-10-5-6-11-25(24)42(31,38)39/h5-16,19H,17H2,1-4H3,(H,36,37)(H2,30,32,35)(H2,31,38,39). The molecule has 3 rings (SSSR count). The fourth-order valence-corrected chi connectivity index (χ4v) is 5.25. The third-order valence-electron chi connectivity index (χ3n) is 6.11. The van der Waals surface area contributed by atoms with Crippen molar-refractivity contribution in [2.75, 3.05) is 4.90 Å². The van der Waals surface area contributed by atoms with Crippen molar-refractivity contribution in [1.82, 2.24) is 5.32 Å². The van der Waals surface area contributed by atoms with E-state index in [-0.39, 0.29) is 17.2 Å². The van der Waals surface area contributed by atoms with Gasteiger partial charge in [0.25, 0.3) is 0 Å². The van der Waals surface area contributed by atoms with Crippen molar-refractivity contribution in [3.8, 4) is 11.1 Å². The predicted molar refractivity (Wildman–Crippen MR) is 156 cm³/mol. The third kappa shape index (κ3) is 8.15. The minimum atomic E-state index is -3.97. The second-order valence-corrected chi connectivity index (χ2v) is 11.5. The number of ether oxygens (including phenoxy) is 2. The molecule has 13 heteroatoms. The fourth-order valence-electron chi connectivity index (χ4n) is 4.49. The summed E-state index contributed by atoms with van der Waals surface area (Å²) < 4.78 is 33.7. The van der Waals surface area contributed by atoms with Gasteiger partial charge in [-0.05, 0) is 55.7 Å². The van der Waals surface area contributed by atoms with Gasteiger partial charge in [0.1, 0.15) is 5.84 Å². The molecule has 222 valence electrons. The van der Waals surface area contributed by atoms with Crippen molar-refractivity contribution < 1.29 is 37.4 Å². The minimum absolute atomic E-state index is 0.0414. The molecule has 0 heterocycles. The van der Waals surface area contributed by atoms with Crippen LogP contribution in [-0.2, 0) is 30.7 Å². The van der Waals surface area contributed by atoms with Gasteiger partial charge in [0.15, 0.2) is 0 Å². The number of primary sulfonamides is 1. The highest BCUT2D eigenvalue weighted by molar-refractivity contribution is 7.89. The van der Waals surface area contributed by atoms with Crippen molar-refractivity contribution in [3.63, 3.8) is 0 Å². The molecule has 0 aliphatic heterocycles. The van der Waals surface area contributed by atoms with Crippen LogP contribution in [0.4, 0.5) is 15.3 Å². The molecule has 2 amide bonds. The van der Waals surface area contributed by atoms with Crippen LogP contribution < -0.4 is 15.4 Å². The van der Waals surface area contributed by atoms with Crippen LogP contribution in [0.2, 0.25) is 0 Å². The Morgan fingerprint density at radius 3 is 2.26 bits per heavy atom. The molecule has 42 heavy (non-hydrogen) atoms. The molecule has 0 fully saturated rings. The molecule has 0 spiro atoms. The Kier molecular flexibility index (Phi) is 9.71. The van der Waals surface area contributed by atoms with E-state index in [1.165, 1.54) is 24.8 Å². The first-order valence-electron chi connectivity index (χ1n) is 12.7. The first-order chi connectivity index (χ1) is 19.6. The normalized spacial score (nSPS) is 12.1. The maximum absolute atomic E-state index is 12.4. The monoisotopic (exact) mass is 596 g/mol. The van der Waals surface area contributed by atoms with Crippen LogP contribution in [0.5, 0.6) is 0 Å². The van der Waals surface area contributed by atoms with E-state index in [0.717, 1.165) is 0 Å². The summed E-state index contributed by atoms with van der Waals surface area (Å²) in [5.41, 5.74) is 1.37. The van der Waals surface area contributed by atoms with Crippen LogP contribution >= 0.6 is 0 Å². The number of rotatable bonds is 9. The van der Waals surface area contributed by atoms with Crippen LogP contribution in [0.3, 0.4) is 0 Å². The zero-order chi connectivity index (χ0) is 31.2. The molecular formula is C29H32N4O8S. The van der Waals surface area contributed by atoms with Crippen LogP contribution in [0.25, 0.3) is 11.1 Å².